The minimum absolute atomic E-state index is 0.451. The minimum atomic E-state index is 0.451. The summed E-state index contributed by atoms with van der Waals surface area (Å²) < 4.78 is 5.22. The van der Waals surface area contributed by atoms with Crippen LogP contribution in [0.25, 0.3) is 11.3 Å². The Labute approximate surface area is 93.5 Å². The molecule has 0 bridgehead atoms. The molecule has 0 saturated heterocycles. The average molecular weight is 215 g/mol. The van der Waals surface area contributed by atoms with Crippen LogP contribution in [0.15, 0.2) is 18.2 Å². The summed E-state index contributed by atoms with van der Waals surface area (Å²) in [5.41, 5.74) is 10.2. The van der Waals surface area contributed by atoms with E-state index in [0.717, 1.165) is 34.9 Å². The number of aromatic nitrogens is 2. The van der Waals surface area contributed by atoms with Gasteiger partial charge in [-0.15, -0.1) is 0 Å². The summed E-state index contributed by atoms with van der Waals surface area (Å²) >= 11 is 0. The maximum Gasteiger partial charge on any atom is 0.120 e. The number of nitrogens with zero attached hydrogens (tertiary/aromatic N) is 1. The standard InChI is InChI=1S/C12H13N3O/c1-16-8-3-2-7-4-10-12(9(7)5-8)15-11(6-13)14-10/h2-3,5H,4,6,13H2,1H3,(H,14,15). The van der Waals surface area contributed by atoms with E-state index in [1.165, 1.54) is 5.56 Å². The molecule has 1 aliphatic carbocycles. The van der Waals surface area contributed by atoms with E-state index in [4.69, 9.17) is 10.5 Å². The number of hydrogen-bond donors (Lipinski definition) is 2. The lowest BCUT2D eigenvalue weighted by molar-refractivity contribution is 0.415. The number of fused-ring (bicyclic) bond motifs is 3. The molecule has 1 aromatic carbocycles. The number of methoxy groups -OCH3 is 1. The molecule has 2 aromatic rings. The van der Waals surface area contributed by atoms with Gasteiger partial charge in [0.05, 0.1) is 19.3 Å². The van der Waals surface area contributed by atoms with E-state index in [2.05, 4.69) is 16.0 Å². The quantitative estimate of drug-likeness (QED) is 0.680. The van der Waals surface area contributed by atoms with Gasteiger partial charge in [-0.25, -0.2) is 4.98 Å². The molecular weight excluding hydrogens is 202 g/mol. The first kappa shape index (κ1) is 9.42. The minimum Gasteiger partial charge on any atom is -0.497 e. The smallest absolute Gasteiger partial charge is 0.120 e. The third-order valence-electron chi connectivity index (χ3n) is 2.96. The largest absolute Gasteiger partial charge is 0.497 e. The number of imidazole rings is 1. The van der Waals surface area contributed by atoms with Crippen molar-refractivity contribution in [2.24, 2.45) is 5.73 Å². The molecule has 1 heterocycles. The molecule has 82 valence electrons. The Hall–Kier alpha value is -1.81. The van der Waals surface area contributed by atoms with Gasteiger partial charge < -0.3 is 15.5 Å². The van der Waals surface area contributed by atoms with Crippen LogP contribution in [0.3, 0.4) is 0 Å². The van der Waals surface area contributed by atoms with E-state index >= 15 is 0 Å². The highest BCUT2D eigenvalue weighted by molar-refractivity contribution is 5.73. The summed E-state index contributed by atoms with van der Waals surface area (Å²) in [6, 6.07) is 6.10. The van der Waals surface area contributed by atoms with Crippen LogP contribution in [0.4, 0.5) is 0 Å². The van der Waals surface area contributed by atoms with Crippen LogP contribution in [-0.2, 0) is 13.0 Å². The highest BCUT2D eigenvalue weighted by Crippen LogP contribution is 2.36. The van der Waals surface area contributed by atoms with Crippen LogP contribution < -0.4 is 10.5 Å². The maximum atomic E-state index is 5.57. The fraction of sp³-hybridized carbons (Fsp3) is 0.250. The van der Waals surface area contributed by atoms with Crippen LogP contribution in [0, 0.1) is 0 Å². The second-order valence-electron chi connectivity index (χ2n) is 3.91. The first-order valence-corrected chi connectivity index (χ1v) is 5.27. The van der Waals surface area contributed by atoms with Crippen molar-refractivity contribution in [1.29, 1.82) is 0 Å². The summed E-state index contributed by atoms with van der Waals surface area (Å²) in [4.78, 5) is 7.74. The number of benzene rings is 1. The van der Waals surface area contributed by atoms with Crippen molar-refractivity contribution >= 4 is 0 Å². The number of nitrogens with one attached hydrogen (secondary N) is 1. The molecule has 0 spiro atoms. The normalized spacial score (nSPS) is 12.4. The molecule has 1 aromatic heterocycles. The highest BCUT2D eigenvalue weighted by Gasteiger charge is 2.22. The lowest BCUT2D eigenvalue weighted by Crippen LogP contribution is -1.99. The summed E-state index contributed by atoms with van der Waals surface area (Å²) in [5.74, 6) is 1.71. The summed E-state index contributed by atoms with van der Waals surface area (Å²) in [6.07, 6.45) is 0.904. The second kappa shape index (κ2) is 3.35. The van der Waals surface area contributed by atoms with Gasteiger partial charge in [-0.05, 0) is 17.7 Å². The molecule has 0 radical (unpaired) electrons. The predicted octanol–water partition coefficient (Wildman–Crippen LogP) is 1.45. The molecule has 16 heavy (non-hydrogen) atoms. The zero-order valence-corrected chi connectivity index (χ0v) is 9.08. The number of ether oxygens (including phenoxy) is 1. The van der Waals surface area contributed by atoms with E-state index in [9.17, 15) is 0 Å². The van der Waals surface area contributed by atoms with E-state index in [1.807, 2.05) is 12.1 Å². The lowest BCUT2D eigenvalue weighted by atomic mass is 10.1. The number of nitrogens with two attached hydrogens (primary N) is 1. The lowest BCUT2D eigenvalue weighted by Gasteiger charge is -2.03. The Morgan fingerprint density at radius 1 is 1.50 bits per heavy atom. The summed E-state index contributed by atoms with van der Waals surface area (Å²) in [6.45, 7) is 0.451. The Morgan fingerprint density at radius 2 is 2.38 bits per heavy atom. The van der Waals surface area contributed by atoms with Gasteiger partial charge in [0.25, 0.3) is 0 Å². The molecule has 0 aliphatic heterocycles. The number of rotatable bonds is 2. The van der Waals surface area contributed by atoms with Crippen LogP contribution >= 0.6 is 0 Å². The monoisotopic (exact) mass is 215 g/mol. The SMILES string of the molecule is COc1ccc2c(c1)-c1nc(CN)[nH]c1C2. The van der Waals surface area contributed by atoms with Crippen molar-refractivity contribution in [1.82, 2.24) is 9.97 Å². The van der Waals surface area contributed by atoms with Crippen molar-refractivity contribution in [2.75, 3.05) is 7.11 Å². The van der Waals surface area contributed by atoms with Crippen molar-refractivity contribution in [3.63, 3.8) is 0 Å². The van der Waals surface area contributed by atoms with Crippen molar-refractivity contribution in [3.8, 4) is 17.0 Å². The Morgan fingerprint density at radius 3 is 3.12 bits per heavy atom. The third kappa shape index (κ3) is 1.23. The molecule has 0 atom stereocenters. The van der Waals surface area contributed by atoms with Gasteiger partial charge in [-0.2, -0.15) is 0 Å². The Balaban J connectivity index is 2.14. The van der Waals surface area contributed by atoms with Crippen LogP contribution in [0.2, 0.25) is 0 Å². The van der Waals surface area contributed by atoms with E-state index in [0.29, 0.717) is 6.54 Å². The third-order valence-corrected chi connectivity index (χ3v) is 2.96. The second-order valence-corrected chi connectivity index (χ2v) is 3.91. The molecule has 3 rings (SSSR count). The van der Waals surface area contributed by atoms with E-state index < -0.39 is 0 Å². The molecule has 1 aliphatic rings. The molecular formula is C12H13N3O. The van der Waals surface area contributed by atoms with Crippen molar-refractivity contribution < 1.29 is 4.74 Å². The fourth-order valence-corrected chi connectivity index (χ4v) is 2.16. The van der Waals surface area contributed by atoms with Gasteiger partial charge in [-0.3, -0.25) is 0 Å². The van der Waals surface area contributed by atoms with Gasteiger partial charge in [0.2, 0.25) is 0 Å². The first-order chi connectivity index (χ1) is 7.81. The van der Waals surface area contributed by atoms with Gasteiger partial charge in [0.15, 0.2) is 0 Å². The number of hydrogen-bond acceptors (Lipinski definition) is 3. The first-order valence-electron chi connectivity index (χ1n) is 5.27. The molecule has 0 fully saturated rings. The van der Waals surface area contributed by atoms with Crippen LogP contribution in [-0.4, -0.2) is 17.1 Å². The van der Waals surface area contributed by atoms with E-state index in [1.54, 1.807) is 7.11 Å². The Bertz CT molecular complexity index is 545. The topological polar surface area (TPSA) is 63.9 Å². The zero-order valence-electron chi connectivity index (χ0n) is 9.08. The summed E-state index contributed by atoms with van der Waals surface area (Å²) in [5, 5.41) is 0. The molecule has 4 heteroatoms. The van der Waals surface area contributed by atoms with Gasteiger partial charge in [0, 0.05) is 17.7 Å². The van der Waals surface area contributed by atoms with Gasteiger partial charge in [-0.1, -0.05) is 6.07 Å². The molecule has 0 saturated carbocycles. The Kier molecular flexibility index (Phi) is 1.97. The summed E-state index contributed by atoms with van der Waals surface area (Å²) in [7, 11) is 1.67. The number of H-pyrrole nitrogens is 1. The number of aromatic amines is 1. The van der Waals surface area contributed by atoms with Crippen LogP contribution in [0.5, 0.6) is 5.75 Å². The van der Waals surface area contributed by atoms with E-state index in [-0.39, 0.29) is 0 Å². The average Bonchev–Trinajstić information content (AvgIpc) is 2.85. The molecule has 0 unspecified atom stereocenters. The molecule has 0 amide bonds. The molecule has 4 nitrogen and oxygen atoms in total. The molecule has 3 N–H and O–H groups in total. The zero-order chi connectivity index (χ0) is 11.1. The van der Waals surface area contributed by atoms with Crippen LogP contribution in [0.1, 0.15) is 17.1 Å². The fourth-order valence-electron chi connectivity index (χ4n) is 2.16. The predicted molar refractivity (Wildman–Crippen MR) is 61.3 cm³/mol. The maximum absolute atomic E-state index is 5.57. The highest BCUT2D eigenvalue weighted by atomic mass is 16.5. The van der Waals surface area contributed by atoms with Crippen molar-refractivity contribution in [3.05, 3.63) is 35.3 Å². The van der Waals surface area contributed by atoms with Crippen molar-refractivity contribution in [2.45, 2.75) is 13.0 Å². The van der Waals surface area contributed by atoms with Gasteiger partial charge >= 0.3 is 0 Å². The van der Waals surface area contributed by atoms with Gasteiger partial charge in [0.1, 0.15) is 11.6 Å².